The van der Waals surface area contributed by atoms with Crippen molar-refractivity contribution in [1.82, 2.24) is 29.2 Å². The predicted molar refractivity (Wildman–Crippen MR) is 119 cm³/mol. The minimum Gasteiger partial charge on any atom is -0.372 e. The molecule has 5 rings (SSSR count). The van der Waals surface area contributed by atoms with Gasteiger partial charge in [-0.05, 0) is 19.9 Å². The molecule has 0 saturated carbocycles. The molecule has 9 nitrogen and oxygen atoms in total. The van der Waals surface area contributed by atoms with Crippen LogP contribution in [0.5, 0.6) is 0 Å². The summed E-state index contributed by atoms with van der Waals surface area (Å²) in [6.45, 7) is 9.40. The van der Waals surface area contributed by atoms with E-state index < -0.39 is 0 Å². The minimum absolute atomic E-state index is 0.00391. The van der Waals surface area contributed by atoms with E-state index in [0.717, 1.165) is 42.8 Å². The Balaban J connectivity index is 1.33. The maximum atomic E-state index is 13.4. The highest BCUT2D eigenvalue weighted by Crippen LogP contribution is 2.23. The van der Waals surface area contributed by atoms with Gasteiger partial charge in [-0.2, -0.15) is 0 Å². The number of hydrogen-bond acceptors (Lipinski definition) is 8. The molecule has 31 heavy (non-hydrogen) atoms. The number of piperazine rings is 1. The smallest absolute Gasteiger partial charge is 0.274 e. The molecule has 2 saturated heterocycles. The van der Waals surface area contributed by atoms with Crippen molar-refractivity contribution < 1.29 is 9.53 Å². The second-order valence-corrected chi connectivity index (χ2v) is 9.12. The summed E-state index contributed by atoms with van der Waals surface area (Å²) in [6, 6.07) is 1.83. The molecule has 0 aromatic carbocycles. The fraction of sp³-hybridized carbons (Fsp3) is 0.524. The van der Waals surface area contributed by atoms with Crippen molar-refractivity contribution in [2.75, 3.05) is 44.2 Å². The van der Waals surface area contributed by atoms with Gasteiger partial charge < -0.3 is 14.5 Å². The average Bonchev–Trinajstić information content (AvgIpc) is 3.36. The number of ether oxygens (including phenoxy) is 1. The summed E-state index contributed by atoms with van der Waals surface area (Å²) in [7, 11) is 0. The molecule has 0 aliphatic carbocycles. The summed E-state index contributed by atoms with van der Waals surface area (Å²) in [5.41, 5.74) is 1.54. The predicted octanol–water partition coefficient (Wildman–Crippen LogP) is 1.76. The van der Waals surface area contributed by atoms with Crippen LogP contribution in [0.1, 0.15) is 30.0 Å². The lowest BCUT2D eigenvalue weighted by Gasteiger charge is -2.36. The lowest BCUT2D eigenvalue weighted by molar-refractivity contribution is -0.0587. The van der Waals surface area contributed by atoms with Crippen LogP contribution in [0, 0.1) is 0 Å². The summed E-state index contributed by atoms with van der Waals surface area (Å²) < 4.78 is 7.87. The van der Waals surface area contributed by atoms with Gasteiger partial charge in [-0.25, -0.2) is 15.0 Å². The van der Waals surface area contributed by atoms with E-state index in [1.54, 1.807) is 23.7 Å². The third-order valence-electron chi connectivity index (χ3n) is 5.85. The fourth-order valence-corrected chi connectivity index (χ4v) is 5.15. The first-order valence-corrected chi connectivity index (χ1v) is 11.6. The van der Waals surface area contributed by atoms with Gasteiger partial charge in [0, 0.05) is 69.8 Å². The van der Waals surface area contributed by atoms with Gasteiger partial charge in [-0.15, -0.1) is 11.3 Å². The van der Waals surface area contributed by atoms with E-state index in [1.807, 2.05) is 36.4 Å². The van der Waals surface area contributed by atoms with Crippen LogP contribution in [0.4, 0.5) is 5.95 Å². The fourth-order valence-electron chi connectivity index (χ4n) is 4.42. The highest BCUT2D eigenvalue weighted by atomic mass is 32.1. The number of carbonyl (C=O) groups is 1. The zero-order valence-corrected chi connectivity index (χ0v) is 18.7. The monoisotopic (exact) mass is 441 g/mol. The van der Waals surface area contributed by atoms with E-state index in [1.165, 1.54) is 0 Å². The first-order valence-electron chi connectivity index (χ1n) is 10.7. The number of imidazole rings is 1. The van der Waals surface area contributed by atoms with E-state index in [2.05, 4.69) is 24.2 Å². The Bertz CT molecular complexity index is 1030. The van der Waals surface area contributed by atoms with Crippen LogP contribution in [0.15, 0.2) is 30.0 Å². The zero-order valence-electron chi connectivity index (χ0n) is 17.8. The van der Waals surface area contributed by atoms with Crippen molar-refractivity contribution in [3.8, 4) is 0 Å². The van der Waals surface area contributed by atoms with Gasteiger partial charge >= 0.3 is 0 Å². The largest absolute Gasteiger partial charge is 0.372 e. The van der Waals surface area contributed by atoms with Gasteiger partial charge in [0.05, 0.1) is 17.9 Å². The molecule has 164 valence electrons. The molecular weight excluding hydrogens is 414 g/mol. The van der Waals surface area contributed by atoms with E-state index in [9.17, 15) is 4.79 Å². The third kappa shape index (κ3) is 4.15. The number of aromatic nitrogens is 4. The Morgan fingerprint density at radius 3 is 2.55 bits per heavy atom. The van der Waals surface area contributed by atoms with Crippen molar-refractivity contribution in [3.05, 3.63) is 41.4 Å². The molecule has 3 aromatic rings. The number of fused-ring (bicyclic) bond motifs is 1. The number of morpholine rings is 1. The van der Waals surface area contributed by atoms with Crippen molar-refractivity contribution in [3.63, 3.8) is 0 Å². The summed E-state index contributed by atoms with van der Waals surface area (Å²) in [6.07, 6.45) is 5.64. The first kappa shape index (κ1) is 20.3. The van der Waals surface area contributed by atoms with Crippen LogP contribution in [-0.2, 0) is 11.3 Å². The van der Waals surface area contributed by atoms with Gasteiger partial charge in [0.1, 0.15) is 0 Å². The number of amides is 1. The molecule has 2 fully saturated rings. The summed E-state index contributed by atoms with van der Waals surface area (Å²) in [5.74, 6) is 0.780. The normalized spacial score (nSPS) is 22.9. The number of anilines is 1. The summed E-state index contributed by atoms with van der Waals surface area (Å²) in [5, 5.41) is 2.02. The van der Waals surface area contributed by atoms with Crippen LogP contribution in [-0.4, -0.2) is 86.5 Å². The maximum absolute atomic E-state index is 13.4. The molecule has 0 N–H and O–H groups in total. The molecule has 0 radical (unpaired) electrons. The highest BCUT2D eigenvalue weighted by molar-refractivity contribution is 7.15. The molecule has 0 unspecified atom stereocenters. The maximum Gasteiger partial charge on any atom is 0.274 e. The Morgan fingerprint density at radius 1 is 1.13 bits per heavy atom. The minimum atomic E-state index is 0.00391. The van der Waals surface area contributed by atoms with Crippen LogP contribution < -0.4 is 4.90 Å². The third-order valence-corrected chi connectivity index (χ3v) is 6.61. The second kappa shape index (κ2) is 8.52. The summed E-state index contributed by atoms with van der Waals surface area (Å²) in [4.78, 5) is 34.2. The Labute approximate surface area is 185 Å². The van der Waals surface area contributed by atoms with E-state index in [0.29, 0.717) is 25.3 Å². The number of nitrogens with zero attached hydrogens (tertiary/aromatic N) is 7. The Hall–Kier alpha value is -2.56. The van der Waals surface area contributed by atoms with Gasteiger partial charge in [0.15, 0.2) is 10.7 Å². The molecule has 0 bridgehead atoms. The molecule has 5 heterocycles. The molecule has 10 heteroatoms. The molecule has 2 aliphatic heterocycles. The van der Waals surface area contributed by atoms with Crippen LogP contribution in [0.2, 0.25) is 0 Å². The number of rotatable bonds is 4. The van der Waals surface area contributed by atoms with Gasteiger partial charge in [0.2, 0.25) is 5.95 Å². The van der Waals surface area contributed by atoms with Crippen molar-refractivity contribution in [2.24, 2.45) is 0 Å². The standard InChI is InChI=1S/C21H27N7O2S/c1-15-12-27(13-16(2)30-15)19(29)18-17(28-10-11-31-21(28)24-18)14-25-6-8-26(9-7-25)20-22-4-3-5-23-20/h3-5,10-11,15-16H,6-9,12-14H2,1-2H3/t15-,16+. The van der Waals surface area contributed by atoms with E-state index in [-0.39, 0.29) is 18.1 Å². The van der Waals surface area contributed by atoms with E-state index >= 15 is 0 Å². The summed E-state index contributed by atoms with van der Waals surface area (Å²) >= 11 is 1.56. The quantitative estimate of drug-likeness (QED) is 0.610. The zero-order chi connectivity index (χ0) is 21.4. The molecule has 3 aromatic heterocycles. The van der Waals surface area contributed by atoms with Crippen LogP contribution in [0.3, 0.4) is 0 Å². The van der Waals surface area contributed by atoms with Crippen molar-refractivity contribution in [1.29, 1.82) is 0 Å². The number of carbonyl (C=O) groups excluding carboxylic acids is 1. The average molecular weight is 442 g/mol. The van der Waals surface area contributed by atoms with Crippen molar-refractivity contribution in [2.45, 2.75) is 32.6 Å². The SMILES string of the molecule is C[C@@H]1CN(C(=O)c2nc3sccn3c2CN2CCN(c3ncccn3)CC2)C[C@H](C)O1. The highest BCUT2D eigenvalue weighted by Gasteiger charge is 2.31. The first-order chi connectivity index (χ1) is 15.1. The van der Waals surface area contributed by atoms with Crippen LogP contribution >= 0.6 is 11.3 Å². The van der Waals surface area contributed by atoms with Gasteiger partial charge in [0.25, 0.3) is 5.91 Å². The van der Waals surface area contributed by atoms with Gasteiger partial charge in [-0.3, -0.25) is 14.1 Å². The van der Waals surface area contributed by atoms with Crippen LogP contribution in [0.25, 0.3) is 4.96 Å². The van der Waals surface area contributed by atoms with Gasteiger partial charge in [-0.1, -0.05) is 0 Å². The lowest BCUT2D eigenvalue weighted by Crippen LogP contribution is -2.49. The lowest BCUT2D eigenvalue weighted by atomic mass is 10.2. The molecular formula is C21H27N7O2S. The Kier molecular flexibility index (Phi) is 5.59. The number of hydrogen-bond donors (Lipinski definition) is 0. The Morgan fingerprint density at radius 2 is 1.84 bits per heavy atom. The second-order valence-electron chi connectivity index (χ2n) is 8.24. The van der Waals surface area contributed by atoms with E-state index in [4.69, 9.17) is 9.72 Å². The van der Waals surface area contributed by atoms with Crippen molar-refractivity contribution >= 4 is 28.2 Å². The number of thiazole rings is 1. The molecule has 1 amide bonds. The molecule has 2 aliphatic rings. The molecule has 0 spiro atoms. The molecule has 2 atom stereocenters. The topological polar surface area (TPSA) is 79.1 Å².